The summed E-state index contributed by atoms with van der Waals surface area (Å²) in [5, 5.41) is 0. The number of halogens is 1. The average Bonchev–Trinajstić information content (AvgIpc) is 2.74. The van der Waals surface area contributed by atoms with E-state index in [1.807, 2.05) is 4.90 Å². The number of pyridine rings is 1. The van der Waals surface area contributed by atoms with E-state index in [4.69, 9.17) is 5.73 Å². The number of anilines is 1. The molecule has 2 N–H and O–H groups in total. The lowest BCUT2D eigenvalue weighted by Crippen LogP contribution is -2.39. The molecule has 2 aromatic heterocycles. The van der Waals surface area contributed by atoms with Crippen LogP contribution in [0.15, 0.2) is 55.0 Å². The number of aromatic nitrogens is 3. The van der Waals surface area contributed by atoms with Gasteiger partial charge in [-0.1, -0.05) is 12.1 Å². The molecule has 1 amide bonds. The summed E-state index contributed by atoms with van der Waals surface area (Å²) in [6.45, 7) is 0.630. The highest BCUT2D eigenvalue weighted by atomic mass is 19.1. The van der Waals surface area contributed by atoms with Crippen LogP contribution in [0.4, 0.5) is 10.3 Å². The van der Waals surface area contributed by atoms with E-state index < -0.39 is 0 Å². The van der Waals surface area contributed by atoms with Crippen LogP contribution in [-0.4, -0.2) is 32.3 Å². The number of carbonyl (C=O) groups is 1. The van der Waals surface area contributed by atoms with Gasteiger partial charge in [0.05, 0.1) is 17.3 Å². The molecule has 1 aromatic carbocycles. The zero-order chi connectivity index (χ0) is 19.5. The van der Waals surface area contributed by atoms with Crippen LogP contribution in [0.5, 0.6) is 0 Å². The maximum Gasteiger partial charge on any atom is 0.255 e. The number of benzene rings is 1. The molecule has 28 heavy (non-hydrogen) atoms. The highest BCUT2D eigenvalue weighted by molar-refractivity contribution is 5.94. The van der Waals surface area contributed by atoms with Crippen LogP contribution in [0, 0.1) is 5.82 Å². The van der Waals surface area contributed by atoms with Crippen molar-refractivity contribution in [2.75, 3.05) is 12.3 Å². The molecule has 0 spiro atoms. The maximum absolute atomic E-state index is 13.4. The first kappa shape index (κ1) is 18.0. The molecule has 3 heterocycles. The molecule has 1 fully saturated rings. The van der Waals surface area contributed by atoms with Gasteiger partial charge in [-0.05, 0) is 49.1 Å². The zero-order valence-electron chi connectivity index (χ0n) is 15.3. The van der Waals surface area contributed by atoms with Crippen LogP contribution in [0.3, 0.4) is 0 Å². The summed E-state index contributed by atoms with van der Waals surface area (Å²) in [5.74, 6) is -0.243. The van der Waals surface area contributed by atoms with Crippen molar-refractivity contribution in [1.82, 2.24) is 19.9 Å². The third-order valence-electron chi connectivity index (χ3n) is 4.98. The number of piperidine rings is 1. The number of nitrogen functional groups attached to an aromatic ring is 1. The molecular formula is C21H20FN5O. The largest absolute Gasteiger partial charge is 0.368 e. The second-order valence-electron chi connectivity index (χ2n) is 6.79. The van der Waals surface area contributed by atoms with E-state index in [0.717, 1.165) is 30.4 Å². The van der Waals surface area contributed by atoms with Crippen molar-refractivity contribution in [1.29, 1.82) is 0 Å². The molecular weight excluding hydrogens is 357 g/mol. The minimum atomic E-state index is -0.312. The Morgan fingerprint density at radius 3 is 2.71 bits per heavy atom. The van der Waals surface area contributed by atoms with Gasteiger partial charge in [0.2, 0.25) is 5.95 Å². The molecule has 1 saturated heterocycles. The smallest absolute Gasteiger partial charge is 0.255 e. The van der Waals surface area contributed by atoms with E-state index in [2.05, 4.69) is 15.0 Å². The number of likely N-dealkylation sites (tertiary alicyclic amines) is 1. The molecule has 1 aliphatic heterocycles. The average molecular weight is 377 g/mol. The Morgan fingerprint density at radius 2 is 1.96 bits per heavy atom. The number of hydrogen-bond acceptors (Lipinski definition) is 5. The van der Waals surface area contributed by atoms with E-state index in [-0.39, 0.29) is 23.7 Å². The van der Waals surface area contributed by atoms with Gasteiger partial charge in [-0.15, -0.1) is 0 Å². The van der Waals surface area contributed by atoms with Gasteiger partial charge in [-0.3, -0.25) is 9.78 Å². The van der Waals surface area contributed by atoms with E-state index in [9.17, 15) is 9.18 Å². The van der Waals surface area contributed by atoms with Gasteiger partial charge in [-0.2, -0.15) is 0 Å². The van der Waals surface area contributed by atoms with Gasteiger partial charge in [0.25, 0.3) is 5.91 Å². The fraction of sp³-hybridized carbons (Fsp3) is 0.238. The quantitative estimate of drug-likeness (QED) is 0.753. The molecule has 3 aromatic rings. The van der Waals surface area contributed by atoms with E-state index in [0.29, 0.717) is 17.8 Å². The SMILES string of the molecule is Nc1ncc(-c2ccc(F)cc2)c(C2CCCCN2C(=O)c2cccnc2)n1. The van der Waals surface area contributed by atoms with Gasteiger partial charge in [0.1, 0.15) is 5.82 Å². The zero-order valence-corrected chi connectivity index (χ0v) is 15.3. The number of rotatable bonds is 3. The summed E-state index contributed by atoms with van der Waals surface area (Å²) in [4.78, 5) is 27.6. The first-order valence-corrected chi connectivity index (χ1v) is 9.23. The molecule has 1 unspecified atom stereocenters. The van der Waals surface area contributed by atoms with E-state index >= 15 is 0 Å². The van der Waals surface area contributed by atoms with Crippen LogP contribution in [0.25, 0.3) is 11.1 Å². The van der Waals surface area contributed by atoms with Crippen molar-refractivity contribution in [3.63, 3.8) is 0 Å². The Kier molecular flexibility index (Phi) is 4.97. The third-order valence-corrected chi connectivity index (χ3v) is 4.98. The molecule has 0 aliphatic carbocycles. The number of hydrogen-bond donors (Lipinski definition) is 1. The van der Waals surface area contributed by atoms with Gasteiger partial charge in [0.15, 0.2) is 0 Å². The second-order valence-corrected chi connectivity index (χ2v) is 6.79. The van der Waals surface area contributed by atoms with Gasteiger partial charge in [0, 0.05) is 30.7 Å². The molecule has 142 valence electrons. The molecule has 0 bridgehead atoms. The first-order valence-electron chi connectivity index (χ1n) is 9.23. The number of nitrogens with zero attached hydrogens (tertiary/aromatic N) is 4. The monoisotopic (exact) mass is 377 g/mol. The number of carbonyl (C=O) groups excluding carboxylic acids is 1. The Balaban J connectivity index is 1.76. The highest BCUT2D eigenvalue weighted by Crippen LogP contribution is 2.36. The lowest BCUT2D eigenvalue weighted by Gasteiger charge is -2.36. The van der Waals surface area contributed by atoms with Crippen LogP contribution in [0.1, 0.15) is 41.4 Å². The lowest BCUT2D eigenvalue weighted by molar-refractivity contribution is 0.0606. The molecule has 7 heteroatoms. The Labute approximate surface area is 162 Å². The molecule has 6 nitrogen and oxygen atoms in total. The van der Waals surface area contributed by atoms with E-state index in [1.54, 1.807) is 42.9 Å². The van der Waals surface area contributed by atoms with Crippen molar-refractivity contribution in [3.8, 4) is 11.1 Å². The summed E-state index contributed by atoms with van der Waals surface area (Å²) in [5.41, 5.74) is 8.65. The Hall–Kier alpha value is -3.35. The standard InChI is InChI=1S/C21H20FN5O/c22-16-8-6-14(7-9-16)17-13-25-21(23)26-19(17)18-5-1-2-11-27(18)20(28)15-4-3-10-24-12-15/h3-4,6-10,12-13,18H,1-2,5,11H2,(H2,23,25,26). The van der Waals surface area contributed by atoms with Crippen molar-refractivity contribution < 1.29 is 9.18 Å². The summed E-state index contributed by atoms with van der Waals surface area (Å²) in [6, 6.07) is 9.44. The summed E-state index contributed by atoms with van der Waals surface area (Å²) in [7, 11) is 0. The van der Waals surface area contributed by atoms with E-state index in [1.165, 1.54) is 12.1 Å². The molecule has 4 rings (SSSR count). The van der Waals surface area contributed by atoms with Crippen LogP contribution in [0.2, 0.25) is 0 Å². The van der Waals surface area contributed by atoms with Crippen LogP contribution < -0.4 is 5.73 Å². The fourth-order valence-electron chi connectivity index (χ4n) is 3.63. The van der Waals surface area contributed by atoms with Crippen molar-refractivity contribution in [2.45, 2.75) is 25.3 Å². The topological polar surface area (TPSA) is 85.0 Å². The second kappa shape index (κ2) is 7.72. The number of nitrogens with two attached hydrogens (primary N) is 1. The van der Waals surface area contributed by atoms with Crippen molar-refractivity contribution in [2.24, 2.45) is 0 Å². The predicted molar refractivity (Wildman–Crippen MR) is 104 cm³/mol. The summed E-state index contributed by atoms with van der Waals surface area (Å²) >= 11 is 0. The summed E-state index contributed by atoms with van der Waals surface area (Å²) < 4.78 is 13.4. The molecule has 0 radical (unpaired) electrons. The number of amides is 1. The minimum Gasteiger partial charge on any atom is -0.368 e. The van der Waals surface area contributed by atoms with Gasteiger partial charge in [-0.25, -0.2) is 14.4 Å². The molecule has 1 atom stereocenters. The van der Waals surface area contributed by atoms with Gasteiger partial charge < -0.3 is 10.6 Å². The highest BCUT2D eigenvalue weighted by Gasteiger charge is 2.32. The molecule has 0 saturated carbocycles. The first-order chi connectivity index (χ1) is 13.6. The van der Waals surface area contributed by atoms with Crippen molar-refractivity contribution in [3.05, 3.63) is 72.1 Å². The fourth-order valence-corrected chi connectivity index (χ4v) is 3.63. The Morgan fingerprint density at radius 1 is 1.14 bits per heavy atom. The minimum absolute atomic E-state index is 0.0833. The van der Waals surface area contributed by atoms with Crippen LogP contribution in [-0.2, 0) is 0 Å². The van der Waals surface area contributed by atoms with Crippen LogP contribution >= 0.6 is 0 Å². The third kappa shape index (κ3) is 3.55. The molecule has 1 aliphatic rings. The Bertz CT molecular complexity index is 978. The normalized spacial score (nSPS) is 16.8. The van der Waals surface area contributed by atoms with Crippen molar-refractivity contribution >= 4 is 11.9 Å². The lowest BCUT2D eigenvalue weighted by atomic mass is 9.93. The predicted octanol–water partition coefficient (Wildman–Crippen LogP) is 3.63. The van der Waals surface area contributed by atoms with Gasteiger partial charge >= 0.3 is 0 Å². The summed E-state index contributed by atoms with van der Waals surface area (Å²) in [6.07, 6.45) is 7.54. The maximum atomic E-state index is 13.4.